The lowest BCUT2D eigenvalue weighted by Gasteiger charge is -2.36. The zero-order valence-corrected chi connectivity index (χ0v) is 52.4. The summed E-state index contributed by atoms with van der Waals surface area (Å²) in [6, 6.07) is 37.1. The first-order chi connectivity index (χ1) is 44.2. The summed E-state index contributed by atoms with van der Waals surface area (Å²) >= 11 is 0. The number of ether oxygens (including phenoxy) is 10. The average Bonchev–Trinajstić information content (AvgIpc) is 0.718. The molecule has 92 heavy (non-hydrogen) atoms. The molecule has 24 nitrogen and oxygen atoms in total. The lowest BCUT2D eigenvalue weighted by atomic mass is 9.67. The molecule has 24 heteroatoms. The van der Waals surface area contributed by atoms with Gasteiger partial charge in [-0.25, -0.2) is 39.7 Å². The summed E-state index contributed by atoms with van der Waals surface area (Å²) in [7, 11) is 0. The molecule has 6 aromatic rings. The second-order valence-corrected chi connectivity index (χ2v) is 20.2. The number of rotatable bonds is 34. The summed E-state index contributed by atoms with van der Waals surface area (Å²) in [6.07, 6.45) is -1.41. The van der Waals surface area contributed by atoms with Crippen LogP contribution in [0, 0.1) is 0 Å². The summed E-state index contributed by atoms with van der Waals surface area (Å²) in [5.41, 5.74) is 8.04. The number of hydrogen-bond donors (Lipinski definition) is 8. The molecule has 6 rings (SSSR count). The van der Waals surface area contributed by atoms with Crippen LogP contribution in [0.3, 0.4) is 0 Å². The van der Waals surface area contributed by atoms with E-state index in [2.05, 4.69) is 77.6 Å². The second-order valence-electron chi connectivity index (χ2n) is 20.2. The van der Waals surface area contributed by atoms with Gasteiger partial charge in [-0.2, -0.15) is 0 Å². The third-order valence-electron chi connectivity index (χ3n) is 12.8. The Bertz CT molecular complexity index is 3290. The highest BCUT2D eigenvalue weighted by Gasteiger charge is 2.40. The van der Waals surface area contributed by atoms with Gasteiger partial charge in [0.15, 0.2) is 0 Å². The largest absolute Gasteiger partial charge is 0.491 e. The minimum Gasteiger partial charge on any atom is -0.491 e. The van der Waals surface area contributed by atoms with Gasteiger partial charge in [0.1, 0.15) is 89.1 Å². The van der Waals surface area contributed by atoms with E-state index in [0.717, 1.165) is 38.2 Å². The predicted octanol–water partition coefficient (Wildman–Crippen LogP) is 9.36. The Hall–Kier alpha value is -9.82. The van der Waals surface area contributed by atoms with Crippen molar-refractivity contribution in [3.8, 4) is 34.1 Å². The lowest BCUT2D eigenvalue weighted by molar-refractivity contribution is -0.140. The predicted molar refractivity (Wildman–Crippen MR) is 351 cm³/mol. The third kappa shape index (κ3) is 24.2. The maximum atomic E-state index is 12.4. The molecule has 0 atom stereocenters. The van der Waals surface area contributed by atoms with Crippen molar-refractivity contribution in [2.75, 3.05) is 105 Å². The van der Waals surface area contributed by atoms with Crippen LogP contribution in [-0.4, -0.2) is 162 Å². The van der Waals surface area contributed by atoms with Crippen molar-refractivity contribution in [2.24, 2.45) is 0 Å². The van der Waals surface area contributed by atoms with E-state index in [1.807, 2.05) is 102 Å². The zero-order valence-electron chi connectivity index (χ0n) is 52.4. The number of hydroxylamine groups is 2. The molecule has 0 saturated heterocycles. The fourth-order valence-electron chi connectivity index (χ4n) is 8.52. The monoisotopic (exact) mass is 1280 g/mol. The Balaban J connectivity index is 0.00000325. The highest BCUT2D eigenvalue weighted by molar-refractivity contribution is 5.96. The van der Waals surface area contributed by atoms with E-state index < -0.39 is 41.5 Å². The van der Waals surface area contributed by atoms with Crippen LogP contribution in [0.15, 0.2) is 164 Å². The van der Waals surface area contributed by atoms with Crippen LogP contribution in [0.4, 0.5) is 9.59 Å². The van der Waals surface area contributed by atoms with E-state index in [9.17, 15) is 39.0 Å². The number of benzene rings is 6. The quantitative estimate of drug-likeness (QED) is 0.00465. The van der Waals surface area contributed by atoms with Gasteiger partial charge in [-0.1, -0.05) is 105 Å². The van der Waals surface area contributed by atoms with E-state index in [4.69, 9.17) is 48.3 Å². The van der Waals surface area contributed by atoms with Gasteiger partial charge in [-0.3, -0.25) is 0 Å². The van der Waals surface area contributed by atoms with Crippen molar-refractivity contribution in [2.45, 2.75) is 40.0 Å². The minimum absolute atomic E-state index is 0. The number of carbonyl (C=O) groups excluding carboxylic acids is 6. The van der Waals surface area contributed by atoms with Gasteiger partial charge in [0.05, 0.1) is 44.8 Å². The highest BCUT2D eigenvalue weighted by atomic mass is 16.6. The average molecular weight is 1280 g/mol. The number of alkyl carbamates (subject to hydrolysis) is 2. The summed E-state index contributed by atoms with van der Waals surface area (Å²) in [5, 5.41) is 44.5. The molecular weight excluding hydrogens is 1190 g/mol. The lowest BCUT2D eigenvalue weighted by Crippen LogP contribution is -2.29. The summed E-state index contributed by atoms with van der Waals surface area (Å²) in [5.74, 6) is -0.106. The minimum atomic E-state index is -1.15. The molecule has 0 unspecified atom stereocenters. The molecule has 8 N–H and O–H groups in total. The number of aliphatic hydroxyl groups is 2. The van der Waals surface area contributed by atoms with E-state index in [1.54, 1.807) is 13.8 Å². The Labute approximate surface area is 540 Å². The zero-order chi connectivity index (χ0) is 67.4. The van der Waals surface area contributed by atoms with Crippen LogP contribution in [0.2, 0.25) is 0 Å². The number of carbonyl (C=O) groups is 6. The first kappa shape index (κ1) is 74.6. The SMILES string of the molecule is C=C(C)C(=O)OCCNC(=O)OCCOc1ccc2ccc(OCCO)c(C(C)(c3ccc(-c4ccccc4)cc3)c3c(OCCO)ccc4ccc(OCCOC(=O)NCCOC(=O)C(=C)C)cc34)c2c1.C=C(C)C(=O)OCCNO.C=C(C)C(=O)OCCNO.[HH].[HH].[HH].[HH]. The van der Waals surface area contributed by atoms with Gasteiger partial charge in [0.2, 0.25) is 0 Å². The van der Waals surface area contributed by atoms with Gasteiger partial charge >= 0.3 is 36.1 Å². The highest BCUT2D eigenvalue weighted by Crippen LogP contribution is 2.52. The van der Waals surface area contributed by atoms with Crippen LogP contribution in [0.5, 0.6) is 23.0 Å². The summed E-state index contributed by atoms with van der Waals surface area (Å²) < 4.78 is 55.1. The molecule has 502 valence electrons. The molecule has 0 aliphatic heterocycles. The van der Waals surface area contributed by atoms with Crippen molar-refractivity contribution in [3.05, 3.63) is 181 Å². The van der Waals surface area contributed by atoms with Crippen LogP contribution in [0.25, 0.3) is 32.7 Å². The molecule has 0 radical (unpaired) electrons. The number of fused-ring (bicyclic) bond motifs is 2. The van der Waals surface area contributed by atoms with Crippen LogP contribution >= 0.6 is 0 Å². The molecule has 6 aromatic carbocycles. The molecule has 0 heterocycles. The van der Waals surface area contributed by atoms with Gasteiger partial charge < -0.3 is 78.6 Å². The van der Waals surface area contributed by atoms with Gasteiger partial charge in [0.25, 0.3) is 0 Å². The van der Waals surface area contributed by atoms with Gasteiger partial charge in [-0.15, -0.1) is 0 Å². The number of amides is 2. The maximum absolute atomic E-state index is 12.4. The van der Waals surface area contributed by atoms with E-state index in [1.165, 1.54) is 13.8 Å². The standard InChI is InChI=1S/C56H60N2O14.2C6H11NO3.4H2/c1-37(2)52(61)69-27-23-57-54(63)71-33-31-65-44-19-13-41-15-21-48(67-29-25-59)50(46(41)35-44)56(5,43-17-11-40(12-18-43)39-9-7-6-8-10-39)51-47-36-45(20-14-42(47)16-22-49(51)68-30-26-60)66-32-34-72-55(64)58-24-28-70-53(62)38(3)4;2*1-5(2)6(8)10-4-3-7-9;;;;/h6-22,35-36,59-60H,1,3,23-34H2,2,4-5H3,(H,57,63)(H,58,64);2*7,9H,1,3-4H2,2H3;4*1H. The fourth-order valence-corrected chi connectivity index (χ4v) is 8.52. The molecule has 0 saturated carbocycles. The molecule has 0 spiro atoms. The normalized spacial score (nSPS) is 10.6. The van der Waals surface area contributed by atoms with Gasteiger partial charge in [0, 0.05) is 39.1 Å². The first-order valence-corrected chi connectivity index (χ1v) is 29.1. The smallest absolute Gasteiger partial charge is 0.407 e. The third-order valence-corrected chi connectivity index (χ3v) is 12.8. The van der Waals surface area contributed by atoms with Crippen LogP contribution in [-0.2, 0) is 53.0 Å². The summed E-state index contributed by atoms with van der Waals surface area (Å²) in [6.45, 7) is 22.2. The van der Waals surface area contributed by atoms with E-state index >= 15 is 0 Å². The second kappa shape index (κ2) is 40.0. The van der Waals surface area contributed by atoms with Crippen molar-refractivity contribution < 1.29 is 102 Å². The maximum Gasteiger partial charge on any atom is 0.407 e. The number of esters is 4. The van der Waals surface area contributed by atoms with Crippen LogP contribution in [0.1, 0.15) is 57.0 Å². The number of hydrogen-bond acceptors (Lipinski definition) is 22. The van der Waals surface area contributed by atoms with Crippen molar-refractivity contribution in [3.63, 3.8) is 0 Å². The Kier molecular flexibility index (Phi) is 32.5. The van der Waals surface area contributed by atoms with Crippen molar-refractivity contribution in [1.29, 1.82) is 0 Å². The van der Waals surface area contributed by atoms with Crippen molar-refractivity contribution in [1.82, 2.24) is 21.6 Å². The molecule has 0 bridgehead atoms. The molecular formula is C68H90N4O20. The van der Waals surface area contributed by atoms with E-state index in [-0.39, 0.29) is 122 Å². The Morgan fingerprint density at radius 1 is 0.424 bits per heavy atom. The number of aliphatic hydroxyl groups excluding tert-OH is 2. The topological polar surface area (TPSA) is 324 Å². The number of nitrogens with one attached hydrogen (secondary N) is 4. The first-order valence-electron chi connectivity index (χ1n) is 29.1. The molecule has 0 aliphatic carbocycles. The fraction of sp³-hybridized carbons (Fsp3) is 0.324. The van der Waals surface area contributed by atoms with Gasteiger partial charge in [-0.05, 0) is 109 Å². The Morgan fingerprint density at radius 3 is 1.14 bits per heavy atom. The van der Waals surface area contributed by atoms with Crippen molar-refractivity contribution >= 4 is 57.6 Å². The van der Waals surface area contributed by atoms with Crippen LogP contribution < -0.4 is 40.5 Å². The summed E-state index contributed by atoms with van der Waals surface area (Å²) in [4.78, 5) is 69.2. The Morgan fingerprint density at radius 2 is 0.783 bits per heavy atom. The molecule has 0 aliphatic rings. The molecule has 0 fully saturated rings. The molecule has 2 amide bonds. The van der Waals surface area contributed by atoms with E-state index in [0.29, 0.717) is 45.3 Å². The molecule has 0 aromatic heterocycles.